The lowest BCUT2D eigenvalue weighted by Crippen LogP contribution is -2.08. The van der Waals surface area contributed by atoms with Crippen LogP contribution in [0.15, 0.2) is 77.3 Å². The molecule has 3 aromatic carbocycles. The van der Waals surface area contributed by atoms with Gasteiger partial charge in [0.25, 0.3) is 0 Å². The first-order valence-electron chi connectivity index (χ1n) is 8.40. The Labute approximate surface area is 151 Å². The van der Waals surface area contributed by atoms with Gasteiger partial charge in [0, 0.05) is 17.9 Å². The van der Waals surface area contributed by atoms with Gasteiger partial charge in [0.2, 0.25) is 0 Å². The minimum atomic E-state index is -0.395. The molecule has 0 atom stereocenters. The molecule has 1 aromatic heterocycles. The van der Waals surface area contributed by atoms with Crippen molar-refractivity contribution in [3.63, 3.8) is 0 Å². The first-order valence-corrected chi connectivity index (χ1v) is 8.40. The Hall–Kier alpha value is -3.40. The van der Waals surface area contributed by atoms with Crippen LogP contribution in [-0.4, -0.2) is 11.1 Å². The van der Waals surface area contributed by atoms with Gasteiger partial charge in [-0.15, -0.1) is 0 Å². The Morgan fingerprint density at radius 3 is 2.54 bits per heavy atom. The van der Waals surface area contributed by atoms with Crippen LogP contribution >= 0.6 is 0 Å². The van der Waals surface area contributed by atoms with Crippen LogP contribution in [0.5, 0.6) is 5.75 Å². The van der Waals surface area contributed by atoms with Crippen LogP contribution in [-0.2, 0) is 6.42 Å². The number of rotatable bonds is 4. The normalized spacial score (nSPS) is 10.8. The summed E-state index contributed by atoms with van der Waals surface area (Å²) in [5, 5.41) is 5.08. The molecular weight excluding hydrogens is 326 g/mol. The second kappa shape index (κ2) is 6.84. The molecule has 128 valence electrons. The maximum Gasteiger partial charge on any atom is 0.343 e. The summed E-state index contributed by atoms with van der Waals surface area (Å²) >= 11 is 0. The molecule has 0 aliphatic carbocycles. The van der Waals surface area contributed by atoms with Crippen molar-refractivity contribution in [1.82, 2.24) is 5.16 Å². The van der Waals surface area contributed by atoms with Crippen LogP contribution in [0.3, 0.4) is 0 Å². The molecule has 0 fully saturated rings. The van der Waals surface area contributed by atoms with Gasteiger partial charge in [0.05, 0.1) is 11.3 Å². The van der Waals surface area contributed by atoms with Gasteiger partial charge < -0.3 is 9.26 Å². The maximum absolute atomic E-state index is 12.2. The minimum Gasteiger partial charge on any atom is -0.423 e. The number of esters is 1. The van der Waals surface area contributed by atoms with Crippen LogP contribution in [0, 0.1) is 6.92 Å². The van der Waals surface area contributed by atoms with Gasteiger partial charge in [0.1, 0.15) is 5.75 Å². The topological polar surface area (TPSA) is 52.3 Å². The van der Waals surface area contributed by atoms with E-state index in [0.29, 0.717) is 23.3 Å². The van der Waals surface area contributed by atoms with Gasteiger partial charge >= 0.3 is 5.97 Å². The fraction of sp³-hybridized carbons (Fsp3) is 0.0909. The zero-order valence-corrected chi connectivity index (χ0v) is 14.3. The smallest absolute Gasteiger partial charge is 0.343 e. The molecule has 4 rings (SSSR count). The summed E-state index contributed by atoms with van der Waals surface area (Å²) in [5.41, 5.74) is 4.24. The van der Waals surface area contributed by atoms with E-state index >= 15 is 0 Å². The van der Waals surface area contributed by atoms with Crippen molar-refractivity contribution in [2.45, 2.75) is 13.3 Å². The summed E-state index contributed by atoms with van der Waals surface area (Å²) in [7, 11) is 0. The third-order valence-electron chi connectivity index (χ3n) is 4.23. The number of fused-ring (bicyclic) bond motifs is 1. The minimum absolute atomic E-state index is 0.395. The molecule has 0 amide bonds. The number of aryl methyl sites for hydroxylation is 1. The van der Waals surface area contributed by atoms with Gasteiger partial charge in [-0.1, -0.05) is 53.2 Å². The van der Waals surface area contributed by atoms with E-state index in [4.69, 9.17) is 9.26 Å². The molecule has 0 saturated carbocycles. The zero-order chi connectivity index (χ0) is 17.9. The van der Waals surface area contributed by atoms with Crippen LogP contribution in [0.4, 0.5) is 0 Å². The number of carbonyl (C=O) groups is 1. The van der Waals surface area contributed by atoms with Gasteiger partial charge in [-0.3, -0.25) is 0 Å². The van der Waals surface area contributed by atoms with Crippen molar-refractivity contribution in [1.29, 1.82) is 0 Å². The Bertz CT molecular complexity index is 1050. The molecule has 4 nitrogen and oxygen atoms in total. The quantitative estimate of drug-likeness (QED) is 0.389. The van der Waals surface area contributed by atoms with Gasteiger partial charge in [-0.05, 0) is 36.8 Å². The van der Waals surface area contributed by atoms with E-state index in [0.717, 1.165) is 22.2 Å². The van der Waals surface area contributed by atoms with Crippen LogP contribution in [0.1, 0.15) is 27.2 Å². The first-order chi connectivity index (χ1) is 12.7. The molecule has 0 aliphatic rings. The van der Waals surface area contributed by atoms with Gasteiger partial charge in [-0.2, -0.15) is 0 Å². The average Bonchev–Trinajstić information content (AvgIpc) is 3.05. The summed E-state index contributed by atoms with van der Waals surface area (Å²) in [6.07, 6.45) is 0.691. The average molecular weight is 343 g/mol. The molecule has 0 bridgehead atoms. The molecule has 4 heteroatoms. The predicted octanol–water partition coefficient (Wildman–Crippen LogP) is 4.95. The van der Waals surface area contributed by atoms with Gasteiger partial charge in [-0.25, -0.2) is 4.79 Å². The van der Waals surface area contributed by atoms with Crippen molar-refractivity contribution in [2.75, 3.05) is 0 Å². The lowest BCUT2D eigenvalue weighted by molar-refractivity contribution is 0.0735. The number of aromatic nitrogens is 1. The van der Waals surface area contributed by atoms with Crippen molar-refractivity contribution in [3.05, 3.63) is 95.2 Å². The summed E-state index contributed by atoms with van der Waals surface area (Å²) in [5.74, 6) is 0.0406. The number of carbonyl (C=O) groups excluding carboxylic acids is 1. The van der Waals surface area contributed by atoms with Crippen LogP contribution < -0.4 is 4.74 Å². The zero-order valence-electron chi connectivity index (χ0n) is 14.3. The molecule has 26 heavy (non-hydrogen) atoms. The lowest BCUT2D eigenvalue weighted by Gasteiger charge is -2.04. The fourth-order valence-corrected chi connectivity index (χ4v) is 2.81. The second-order valence-electron chi connectivity index (χ2n) is 6.21. The Morgan fingerprint density at radius 1 is 1.00 bits per heavy atom. The summed E-state index contributed by atoms with van der Waals surface area (Å²) < 4.78 is 10.9. The molecule has 0 aliphatic heterocycles. The number of benzene rings is 3. The fourth-order valence-electron chi connectivity index (χ4n) is 2.81. The largest absolute Gasteiger partial charge is 0.423 e. The number of nitrogens with zero attached hydrogens (tertiary/aromatic N) is 1. The lowest BCUT2D eigenvalue weighted by atomic mass is 10.1. The third-order valence-corrected chi connectivity index (χ3v) is 4.23. The Balaban J connectivity index is 1.55. The van der Waals surface area contributed by atoms with Crippen LogP contribution in [0.2, 0.25) is 0 Å². The highest BCUT2D eigenvalue weighted by Crippen LogP contribution is 2.26. The van der Waals surface area contributed by atoms with E-state index in [1.807, 2.05) is 43.3 Å². The predicted molar refractivity (Wildman–Crippen MR) is 99.4 cm³/mol. The van der Waals surface area contributed by atoms with Crippen molar-refractivity contribution in [3.8, 4) is 5.75 Å². The van der Waals surface area contributed by atoms with Crippen molar-refractivity contribution >= 4 is 16.9 Å². The molecule has 0 N–H and O–H groups in total. The van der Waals surface area contributed by atoms with E-state index in [1.165, 1.54) is 0 Å². The van der Waals surface area contributed by atoms with Crippen molar-refractivity contribution < 1.29 is 14.1 Å². The molecule has 4 aromatic rings. The highest BCUT2D eigenvalue weighted by atomic mass is 16.5. The maximum atomic E-state index is 12.2. The molecule has 0 unspecified atom stereocenters. The van der Waals surface area contributed by atoms with Gasteiger partial charge in [0.15, 0.2) is 5.58 Å². The van der Waals surface area contributed by atoms with E-state index in [1.54, 1.807) is 24.3 Å². The monoisotopic (exact) mass is 343 g/mol. The highest BCUT2D eigenvalue weighted by molar-refractivity contribution is 5.91. The molecular formula is C22H17NO3. The van der Waals surface area contributed by atoms with E-state index in [9.17, 15) is 4.79 Å². The van der Waals surface area contributed by atoms with E-state index in [-0.39, 0.29) is 0 Å². The number of hydrogen-bond donors (Lipinski definition) is 0. The number of ether oxygens (including phenoxy) is 1. The second-order valence-corrected chi connectivity index (χ2v) is 6.21. The summed E-state index contributed by atoms with van der Waals surface area (Å²) in [6.45, 7) is 1.97. The number of hydrogen-bond acceptors (Lipinski definition) is 4. The van der Waals surface area contributed by atoms with Crippen molar-refractivity contribution in [2.24, 2.45) is 0 Å². The molecule has 1 heterocycles. The summed E-state index contributed by atoms with van der Waals surface area (Å²) in [6, 6.07) is 22.7. The molecule has 0 saturated heterocycles. The highest BCUT2D eigenvalue weighted by Gasteiger charge is 2.13. The van der Waals surface area contributed by atoms with E-state index in [2.05, 4.69) is 17.3 Å². The SMILES string of the molecule is Cc1ccc(C(=O)Oc2ccc3c(Cc4ccccc4)noc3c2)cc1. The standard InChI is InChI=1S/C22H17NO3/c1-15-7-9-17(10-8-15)22(24)25-18-11-12-19-20(23-26-21(19)14-18)13-16-5-3-2-4-6-16/h2-12,14H,13H2,1H3. The molecule has 0 radical (unpaired) electrons. The Morgan fingerprint density at radius 2 is 1.77 bits per heavy atom. The van der Waals surface area contributed by atoms with E-state index < -0.39 is 5.97 Å². The summed E-state index contributed by atoms with van der Waals surface area (Å²) in [4.78, 5) is 12.2. The Kier molecular flexibility index (Phi) is 4.23. The first kappa shape index (κ1) is 16.1. The molecule has 0 spiro atoms. The third kappa shape index (κ3) is 3.35. The van der Waals surface area contributed by atoms with Crippen LogP contribution in [0.25, 0.3) is 11.0 Å².